The minimum Gasteiger partial charge on any atom is -0.395 e. The van der Waals surface area contributed by atoms with Gasteiger partial charge in [-0.1, -0.05) is 18.2 Å². The van der Waals surface area contributed by atoms with Gasteiger partial charge in [0.2, 0.25) is 0 Å². The average Bonchev–Trinajstić information content (AvgIpc) is 2.89. The Morgan fingerprint density at radius 3 is 2.47 bits per heavy atom. The molecule has 2 aliphatic heterocycles. The second-order valence-corrected chi connectivity index (χ2v) is 10.2. The highest BCUT2D eigenvalue weighted by atomic mass is 19.4. The number of alkyl halides is 3. The van der Waals surface area contributed by atoms with Crippen molar-refractivity contribution in [3.05, 3.63) is 58.7 Å². The number of nitrogens with zero attached hydrogens (tertiary/aromatic N) is 4. The molecule has 0 unspecified atom stereocenters. The van der Waals surface area contributed by atoms with Crippen LogP contribution in [0.4, 0.5) is 24.5 Å². The molecule has 7 nitrogen and oxygen atoms in total. The van der Waals surface area contributed by atoms with E-state index < -0.39 is 25.4 Å². The standard InChI is InChI=1S/C28H34F3N5O2/c1-19-13-20(2)25(33-22-7-9-34(10-8-22)26-6-4-3-5-21(26)15-32)14-24(19)27(38)35-11-12-36(18-28(29,30)31)23(16-35)17-37/h3-6,13-14,22-23,33,37H,7-12,16-18H2,1-2H3/t23-/m0/s1. The van der Waals surface area contributed by atoms with Crippen molar-refractivity contribution in [3.63, 3.8) is 0 Å². The first kappa shape index (κ1) is 27.7. The van der Waals surface area contributed by atoms with Crippen LogP contribution in [0.3, 0.4) is 0 Å². The molecule has 0 bridgehead atoms. The minimum absolute atomic E-state index is 0.0458. The normalized spacial score (nSPS) is 19.3. The summed E-state index contributed by atoms with van der Waals surface area (Å²) >= 11 is 0. The highest BCUT2D eigenvalue weighted by molar-refractivity contribution is 5.97. The van der Waals surface area contributed by atoms with Crippen molar-refractivity contribution in [1.29, 1.82) is 5.26 Å². The van der Waals surface area contributed by atoms with Crippen LogP contribution in [0, 0.1) is 25.2 Å². The molecule has 0 aromatic heterocycles. The van der Waals surface area contributed by atoms with Crippen LogP contribution in [0.5, 0.6) is 0 Å². The second kappa shape index (κ2) is 11.6. The smallest absolute Gasteiger partial charge is 0.395 e. The van der Waals surface area contributed by atoms with E-state index in [0.717, 1.165) is 48.4 Å². The van der Waals surface area contributed by atoms with Crippen molar-refractivity contribution in [3.8, 4) is 6.07 Å². The lowest BCUT2D eigenvalue weighted by atomic mass is 9.99. The van der Waals surface area contributed by atoms with Crippen LogP contribution < -0.4 is 10.2 Å². The number of aliphatic hydroxyl groups is 1. The van der Waals surface area contributed by atoms with Gasteiger partial charge in [-0.05, 0) is 56.0 Å². The first-order chi connectivity index (χ1) is 18.1. The molecule has 0 radical (unpaired) electrons. The van der Waals surface area contributed by atoms with Gasteiger partial charge in [-0.3, -0.25) is 9.69 Å². The number of benzene rings is 2. The van der Waals surface area contributed by atoms with Crippen molar-refractivity contribution in [2.75, 3.05) is 56.1 Å². The molecule has 2 aromatic rings. The zero-order valence-corrected chi connectivity index (χ0v) is 21.8. The summed E-state index contributed by atoms with van der Waals surface area (Å²) in [6.45, 7) is 4.18. The van der Waals surface area contributed by atoms with Gasteiger partial charge in [-0.2, -0.15) is 18.4 Å². The van der Waals surface area contributed by atoms with Crippen LogP contribution in [0.1, 0.15) is 39.9 Å². The Morgan fingerprint density at radius 2 is 1.82 bits per heavy atom. The minimum atomic E-state index is -4.36. The van der Waals surface area contributed by atoms with Crippen molar-refractivity contribution < 1.29 is 23.1 Å². The second-order valence-electron chi connectivity index (χ2n) is 10.2. The summed E-state index contributed by atoms with van der Waals surface area (Å²) in [5.74, 6) is -0.237. The third kappa shape index (κ3) is 6.40. The monoisotopic (exact) mass is 529 g/mol. The Kier molecular flexibility index (Phi) is 8.48. The largest absolute Gasteiger partial charge is 0.401 e. The summed E-state index contributed by atoms with van der Waals surface area (Å²) in [6, 6.07) is 13.1. The Morgan fingerprint density at radius 1 is 1.11 bits per heavy atom. The first-order valence-electron chi connectivity index (χ1n) is 12.9. The van der Waals surface area contributed by atoms with E-state index in [9.17, 15) is 28.3 Å². The van der Waals surface area contributed by atoms with Gasteiger partial charge in [0.1, 0.15) is 6.07 Å². The van der Waals surface area contributed by atoms with Gasteiger partial charge in [0.25, 0.3) is 5.91 Å². The molecule has 4 rings (SSSR count). The van der Waals surface area contributed by atoms with Crippen LogP contribution in [0.15, 0.2) is 36.4 Å². The number of piperazine rings is 1. The van der Waals surface area contributed by atoms with Crippen LogP contribution in [-0.4, -0.2) is 84.9 Å². The zero-order chi connectivity index (χ0) is 27.4. The highest BCUT2D eigenvalue weighted by Crippen LogP contribution is 2.28. The quantitative estimate of drug-likeness (QED) is 0.590. The third-order valence-corrected chi connectivity index (χ3v) is 7.51. The number of halogens is 3. The zero-order valence-electron chi connectivity index (χ0n) is 21.8. The first-order valence-corrected chi connectivity index (χ1v) is 12.9. The number of para-hydroxylation sites is 1. The Labute approximate surface area is 221 Å². The number of hydrogen-bond acceptors (Lipinski definition) is 6. The number of carbonyl (C=O) groups is 1. The van der Waals surface area contributed by atoms with Crippen LogP contribution in [0.25, 0.3) is 0 Å². The third-order valence-electron chi connectivity index (χ3n) is 7.51. The van der Waals surface area contributed by atoms with E-state index in [2.05, 4.69) is 16.3 Å². The number of aliphatic hydroxyl groups excluding tert-OH is 1. The average molecular weight is 530 g/mol. The van der Waals surface area contributed by atoms with Gasteiger partial charge in [-0.15, -0.1) is 0 Å². The Balaban J connectivity index is 1.42. The van der Waals surface area contributed by atoms with E-state index in [1.165, 1.54) is 4.90 Å². The van der Waals surface area contributed by atoms with Crippen LogP contribution >= 0.6 is 0 Å². The van der Waals surface area contributed by atoms with E-state index in [-0.39, 0.29) is 31.6 Å². The molecular formula is C28H34F3N5O2. The summed E-state index contributed by atoms with van der Waals surface area (Å²) in [5, 5.41) is 22.7. The predicted octanol–water partition coefficient (Wildman–Crippen LogP) is 3.94. The summed E-state index contributed by atoms with van der Waals surface area (Å²) in [6.07, 6.45) is -2.62. The maximum Gasteiger partial charge on any atom is 0.401 e. The number of nitriles is 1. The van der Waals surface area contributed by atoms with E-state index in [0.29, 0.717) is 11.1 Å². The molecule has 2 N–H and O–H groups in total. The molecule has 0 aliphatic carbocycles. The summed E-state index contributed by atoms with van der Waals surface area (Å²) in [4.78, 5) is 18.4. The fourth-order valence-electron chi connectivity index (χ4n) is 5.43. The van der Waals surface area contributed by atoms with Gasteiger partial charge in [0.05, 0.1) is 30.4 Å². The number of anilines is 2. The molecule has 0 saturated carbocycles. The van der Waals surface area contributed by atoms with Crippen molar-refractivity contribution in [1.82, 2.24) is 9.80 Å². The van der Waals surface area contributed by atoms with Gasteiger partial charge >= 0.3 is 6.18 Å². The molecule has 38 heavy (non-hydrogen) atoms. The van der Waals surface area contributed by atoms with E-state index in [1.807, 2.05) is 50.2 Å². The summed E-state index contributed by atoms with van der Waals surface area (Å²) in [5.41, 5.74) is 4.81. The number of amides is 1. The summed E-state index contributed by atoms with van der Waals surface area (Å²) < 4.78 is 38.7. The molecule has 1 atom stereocenters. The summed E-state index contributed by atoms with van der Waals surface area (Å²) in [7, 11) is 0. The molecule has 2 aliphatic rings. The molecule has 2 saturated heterocycles. The maximum absolute atomic E-state index is 13.4. The number of carbonyl (C=O) groups excluding carboxylic acids is 1. The molecule has 0 spiro atoms. The van der Waals surface area contributed by atoms with Crippen LogP contribution in [0.2, 0.25) is 0 Å². The predicted molar refractivity (Wildman–Crippen MR) is 140 cm³/mol. The Bertz CT molecular complexity index is 1190. The lowest BCUT2D eigenvalue weighted by molar-refractivity contribution is -0.156. The molecule has 2 fully saturated rings. The van der Waals surface area contributed by atoms with Crippen molar-refractivity contribution >= 4 is 17.3 Å². The number of rotatable bonds is 6. The van der Waals surface area contributed by atoms with Gasteiger partial charge in [0, 0.05) is 50.0 Å². The molecule has 2 heterocycles. The topological polar surface area (TPSA) is 82.8 Å². The van der Waals surface area contributed by atoms with E-state index in [1.54, 1.807) is 4.90 Å². The molecule has 204 valence electrons. The molecule has 1 amide bonds. The van der Waals surface area contributed by atoms with Gasteiger partial charge < -0.3 is 20.2 Å². The van der Waals surface area contributed by atoms with Crippen LogP contribution in [-0.2, 0) is 0 Å². The SMILES string of the molecule is Cc1cc(C)c(C(=O)N2CCN(CC(F)(F)F)[C@H](CO)C2)cc1NC1CCN(c2ccccc2C#N)CC1. The molecule has 2 aromatic carbocycles. The maximum atomic E-state index is 13.4. The van der Waals surface area contributed by atoms with Gasteiger partial charge in [0.15, 0.2) is 0 Å². The fraction of sp³-hybridized carbons (Fsp3) is 0.500. The number of hydrogen-bond donors (Lipinski definition) is 2. The van der Waals surface area contributed by atoms with E-state index in [4.69, 9.17) is 0 Å². The van der Waals surface area contributed by atoms with Crippen molar-refractivity contribution in [2.45, 2.75) is 44.9 Å². The number of nitrogens with one attached hydrogen (secondary N) is 1. The molecular weight excluding hydrogens is 495 g/mol. The fourth-order valence-corrected chi connectivity index (χ4v) is 5.43. The lowest BCUT2D eigenvalue weighted by Crippen LogP contribution is -2.58. The van der Waals surface area contributed by atoms with Crippen molar-refractivity contribution in [2.24, 2.45) is 0 Å². The Hall–Kier alpha value is -3.29. The van der Waals surface area contributed by atoms with Gasteiger partial charge in [-0.25, -0.2) is 0 Å². The number of aryl methyl sites for hydroxylation is 2. The molecule has 10 heteroatoms. The number of piperidine rings is 1. The van der Waals surface area contributed by atoms with E-state index >= 15 is 0 Å². The highest BCUT2D eigenvalue weighted by Gasteiger charge is 2.37. The lowest BCUT2D eigenvalue weighted by Gasteiger charge is -2.41.